The molecule has 0 spiro atoms. The summed E-state index contributed by atoms with van der Waals surface area (Å²) in [6.07, 6.45) is 4.22. The van der Waals surface area contributed by atoms with Gasteiger partial charge in [-0.15, -0.1) is 0 Å². The molecular formula is C22H28N4O5S. The van der Waals surface area contributed by atoms with Gasteiger partial charge < -0.3 is 19.3 Å². The quantitative estimate of drug-likeness (QED) is 0.653. The molecule has 0 radical (unpaired) electrons. The summed E-state index contributed by atoms with van der Waals surface area (Å²) in [5, 5.41) is 0. The summed E-state index contributed by atoms with van der Waals surface area (Å²) in [5.41, 5.74) is 1.45. The van der Waals surface area contributed by atoms with Crippen LogP contribution in [0.5, 0.6) is 11.5 Å². The molecule has 32 heavy (non-hydrogen) atoms. The molecule has 1 amide bonds. The van der Waals surface area contributed by atoms with Gasteiger partial charge in [-0.1, -0.05) is 6.92 Å². The second-order valence-electron chi connectivity index (χ2n) is 8.02. The average molecular weight is 461 g/mol. The number of aromatic nitrogens is 1. The molecule has 1 atom stereocenters. The van der Waals surface area contributed by atoms with Gasteiger partial charge in [-0.2, -0.15) is 0 Å². The minimum atomic E-state index is -3.60. The summed E-state index contributed by atoms with van der Waals surface area (Å²) < 4.78 is 38.2. The number of hydrogen-bond acceptors (Lipinski definition) is 7. The second-order valence-corrected chi connectivity index (χ2v) is 10.2. The van der Waals surface area contributed by atoms with Crippen LogP contribution in [0.15, 0.2) is 41.6 Å². The summed E-state index contributed by atoms with van der Waals surface area (Å²) in [4.78, 5) is 20.0. The number of anilines is 2. The van der Waals surface area contributed by atoms with E-state index < -0.39 is 10.0 Å². The first kappa shape index (κ1) is 22.3. The molecule has 10 heteroatoms. The summed E-state index contributed by atoms with van der Waals surface area (Å²) in [6.45, 7) is 4.16. The van der Waals surface area contributed by atoms with E-state index in [9.17, 15) is 13.2 Å². The molecule has 1 saturated heterocycles. The monoisotopic (exact) mass is 460 g/mol. The molecule has 1 fully saturated rings. The van der Waals surface area contributed by atoms with Crippen LogP contribution in [0.2, 0.25) is 0 Å². The number of nitrogens with zero attached hydrogens (tertiary/aromatic N) is 4. The lowest BCUT2D eigenvalue weighted by Crippen LogP contribution is -2.30. The Hall–Kier alpha value is -2.85. The molecule has 0 bridgehead atoms. The fraction of sp³-hybridized carbons (Fsp3) is 0.455. The Morgan fingerprint density at radius 1 is 1.25 bits per heavy atom. The number of rotatable bonds is 6. The van der Waals surface area contributed by atoms with E-state index in [0.29, 0.717) is 49.8 Å². The Kier molecular flexibility index (Phi) is 6.25. The van der Waals surface area contributed by atoms with Crippen LogP contribution in [-0.2, 0) is 14.8 Å². The lowest BCUT2D eigenvalue weighted by molar-refractivity contribution is -0.130. The Labute approximate surface area is 188 Å². The zero-order valence-corrected chi connectivity index (χ0v) is 19.3. The molecule has 0 N–H and O–H groups in total. The van der Waals surface area contributed by atoms with Crippen molar-refractivity contribution in [2.45, 2.75) is 30.8 Å². The predicted molar refractivity (Wildman–Crippen MR) is 120 cm³/mol. The summed E-state index contributed by atoms with van der Waals surface area (Å²) >= 11 is 0. The largest absolute Gasteiger partial charge is 0.490 e. The Morgan fingerprint density at radius 2 is 2.06 bits per heavy atom. The number of likely N-dealkylation sites (tertiary alicyclic amines) is 1. The fourth-order valence-electron chi connectivity index (χ4n) is 3.91. The fourth-order valence-corrected chi connectivity index (χ4v) is 4.80. The average Bonchev–Trinajstić information content (AvgIpc) is 3.26. The van der Waals surface area contributed by atoms with Crippen molar-refractivity contribution in [1.29, 1.82) is 0 Å². The van der Waals surface area contributed by atoms with Crippen molar-refractivity contribution in [1.82, 2.24) is 14.2 Å². The van der Waals surface area contributed by atoms with Gasteiger partial charge in [0.05, 0.1) is 30.7 Å². The van der Waals surface area contributed by atoms with E-state index in [1.165, 1.54) is 24.6 Å². The highest BCUT2D eigenvalue weighted by Crippen LogP contribution is 2.39. The van der Waals surface area contributed by atoms with Gasteiger partial charge in [0.15, 0.2) is 0 Å². The Balaban J connectivity index is 1.58. The highest BCUT2D eigenvalue weighted by atomic mass is 32.2. The topological polar surface area (TPSA) is 92.3 Å². The molecule has 2 aliphatic rings. The first-order valence-corrected chi connectivity index (χ1v) is 12.1. The molecule has 9 nitrogen and oxygen atoms in total. The molecule has 0 aliphatic carbocycles. The van der Waals surface area contributed by atoms with Crippen molar-refractivity contribution in [2.24, 2.45) is 0 Å². The maximum atomic E-state index is 12.6. The van der Waals surface area contributed by atoms with Gasteiger partial charge in [0.25, 0.3) is 0 Å². The van der Waals surface area contributed by atoms with Gasteiger partial charge in [0, 0.05) is 45.7 Å². The van der Waals surface area contributed by atoms with Crippen LogP contribution in [0, 0.1) is 0 Å². The third-order valence-electron chi connectivity index (χ3n) is 5.69. The zero-order chi connectivity index (χ0) is 22.9. The molecule has 0 unspecified atom stereocenters. The molecule has 2 aliphatic heterocycles. The number of ether oxygens (including phenoxy) is 2. The van der Waals surface area contributed by atoms with Gasteiger partial charge in [0.2, 0.25) is 15.9 Å². The highest BCUT2D eigenvalue weighted by molar-refractivity contribution is 7.89. The summed E-state index contributed by atoms with van der Waals surface area (Å²) in [7, 11) is -0.610. The maximum Gasteiger partial charge on any atom is 0.244 e. The molecule has 172 valence electrons. The van der Waals surface area contributed by atoms with Crippen LogP contribution >= 0.6 is 0 Å². The highest BCUT2D eigenvalue weighted by Gasteiger charge is 2.28. The van der Waals surface area contributed by atoms with E-state index in [1.807, 2.05) is 34.9 Å². The third kappa shape index (κ3) is 4.37. The van der Waals surface area contributed by atoms with E-state index in [2.05, 4.69) is 4.98 Å². The summed E-state index contributed by atoms with van der Waals surface area (Å²) in [6, 6.07) is 7.23. The lowest BCUT2D eigenvalue weighted by atomic mass is 10.2. The van der Waals surface area contributed by atoms with Gasteiger partial charge >= 0.3 is 0 Å². The van der Waals surface area contributed by atoms with E-state index in [-0.39, 0.29) is 16.9 Å². The second kappa shape index (κ2) is 8.95. The number of fused-ring (bicyclic) bond motifs is 1. The van der Waals surface area contributed by atoms with E-state index in [4.69, 9.17) is 9.47 Å². The van der Waals surface area contributed by atoms with Crippen molar-refractivity contribution >= 4 is 27.3 Å². The number of hydrogen-bond donors (Lipinski definition) is 0. The standard InChI is InChI=1S/C22H28N4O5S/c1-4-22(27)25-8-7-18(15-25)31-17-5-6-21-20(12-17)26(9-10-30-21)16-11-19(14-23-13-16)32(28,29)24(2)3/h5-6,11-14,18H,4,7-10,15H2,1-3H3/t18-/m0/s1. The lowest BCUT2D eigenvalue weighted by Gasteiger charge is -2.31. The Bertz CT molecular complexity index is 1110. The minimum Gasteiger partial charge on any atom is -0.490 e. The van der Waals surface area contributed by atoms with E-state index in [1.54, 1.807) is 12.3 Å². The van der Waals surface area contributed by atoms with Crippen molar-refractivity contribution in [3.05, 3.63) is 36.7 Å². The number of amides is 1. The number of carbonyl (C=O) groups excluding carboxylic acids is 1. The summed E-state index contributed by atoms with van der Waals surface area (Å²) in [5.74, 6) is 1.51. The molecule has 2 aromatic rings. The predicted octanol–water partition coefficient (Wildman–Crippen LogP) is 2.25. The van der Waals surface area contributed by atoms with Gasteiger partial charge in [-0.05, 0) is 18.2 Å². The number of sulfonamides is 1. The van der Waals surface area contributed by atoms with Crippen LogP contribution in [0.25, 0.3) is 0 Å². The number of carbonyl (C=O) groups is 1. The maximum absolute atomic E-state index is 12.6. The van der Waals surface area contributed by atoms with Gasteiger partial charge in [0.1, 0.15) is 29.1 Å². The smallest absolute Gasteiger partial charge is 0.244 e. The van der Waals surface area contributed by atoms with Crippen molar-refractivity contribution in [2.75, 3.05) is 45.2 Å². The van der Waals surface area contributed by atoms with Crippen molar-refractivity contribution in [3.8, 4) is 11.5 Å². The van der Waals surface area contributed by atoms with Crippen LogP contribution in [-0.4, -0.2) is 75.0 Å². The van der Waals surface area contributed by atoms with Crippen LogP contribution in [0.4, 0.5) is 11.4 Å². The normalized spacial score (nSPS) is 18.4. The molecule has 3 heterocycles. The molecule has 1 aromatic carbocycles. The van der Waals surface area contributed by atoms with E-state index in [0.717, 1.165) is 12.1 Å². The van der Waals surface area contributed by atoms with Gasteiger partial charge in [-0.3, -0.25) is 9.78 Å². The molecule has 1 aromatic heterocycles. The number of pyridine rings is 1. The van der Waals surface area contributed by atoms with Gasteiger partial charge in [-0.25, -0.2) is 12.7 Å². The minimum absolute atomic E-state index is 0.0586. The molecular weight excluding hydrogens is 432 g/mol. The van der Waals surface area contributed by atoms with Crippen LogP contribution in [0.1, 0.15) is 19.8 Å². The van der Waals surface area contributed by atoms with Crippen LogP contribution in [0.3, 0.4) is 0 Å². The molecule has 4 rings (SSSR count). The van der Waals surface area contributed by atoms with Crippen molar-refractivity contribution < 1.29 is 22.7 Å². The third-order valence-corrected chi connectivity index (χ3v) is 7.47. The zero-order valence-electron chi connectivity index (χ0n) is 18.5. The van der Waals surface area contributed by atoms with E-state index >= 15 is 0 Å². The number of benzene rings is 1. The SMILES string of the molecule is CCC(=O)N1CC[C@H](Oc2ccc3c(c2)N(c2cncc(S(=O)(=O)N(C)C)c2)CCO3)C1. The van der Waals surface area contributed by atoms with Crippen molar-refractivity contribution in [3.63, 3.8) is 0 Å². The Morgan fingerprint density at radius 3 is 2.81 bits per heavy atom. The molecule has 0 saturated carbocycles. The first-order chi connectivity index (χ1) is 15.3. The van der Waals surface area contributed by atoms with Crippen LogP contribution < -0.4 is 14.4 Å². The first-order valence-electron chi connectivity index (χ1n) is 10.7.